The molecule has 0 N–H and O–H groups in total. The van der Waals surface area contributed by atoms with E-state index in [2.05, 4.69) is 10.7 Å². The molecule has 0 aromatic carbocycles. The second-order valence-corrected chi connectivity index (χ2v) is 22.9. The number of hydrogen-bond donors (Lipinski definition) is 0. The second-order valence-electron chi connectivity index (χ2n) is 15.0. The SMILES string of the molecule is CC(C)(C)OC(=O)N1CC(=CC#N)C1.CC(C)(C)OC(=O)N1CC(=O)C1.CCOP(=O)(CC#N)OCC.CCS(=O)(=O)Cl.CCS(=O)(=O)N1CC(=CC#N)C1.Cl.N#CC=C1CN(Cl)C1. The molecule has 0 spiro atoms. The van der Waals surface area contributed by atoms with E-state index in [1.807, 2.05) is 39.0 Å². The molecule has 4 fully saturated rings. The number of carbonyl (C=O) groups excluding carboxylic acids is 3. The third-order valence-corrected chi connectivity index (χ3v) is 12.3. The van der Waals surface area contributed by atoms with Crippen molar-refractivity contribution in [2.24, 2.45) is 0 Å². The van der Waals surface area contributed by atoms with Crippen molar-refractivity contribution in [2.45, 2.75) is 80.4 Å². The molecule has 4 aliphatic heterocycles. The lowest BCUT2D eigenvalue weighted by Crippen LogP contribution is -2.52. The van der Waals surface area contributed by atoms with Crippen LogP contribution in [0.4, 0.5) is 9.59 Å². The number of sulfonamides is 1. The first-order valence-electron chi connectivity index (χ1n) is 19.2. The Kier molecular flexibility index (Phi) is 31.5. The number of carbonyl (C=O) groups is 3. The van der Waals surface area contributed by atoms with E-state index in [9.17, 15) is 35.8 Å². The van der Waals surface area contributed by atoms with E-state index in [0.717, 1.165) is 29.8 Å². The minimum absolute atomic E-state index is 0. The molecule has 0 aromatic heterocycles. The zero-order valence-electron chi connectivity index (χ0n) is 37.8. The molecule has 26 heteroatoms. The molecule has 4 heterocycles. The smallest absolute Gasteiger partial charge is 0.411 e. The van der Waals surface area contributed by atoms with E-state index < -0.39 is 44.0 Å². The van der Waals surface area contributed by atoms with Crippen LogP contribution in [-0.2, 0) is 47.0 Å². The number of rotatable bonds is 8. The van der Waals surface area contributed by atoms with Gasteiger partial charge in [0.2, 0.25) is 19.1 Å². The number of ketones is 1. The summed E-state index contributed by atoms with van der Waals surface area (Å²) in [5.41, 5.74) is 2.04. The number of nitrogens with zero attached hydrogens (tertiary/aromatic N) is 8. The third-order valence-electron chi connectivity index (χ3n) is 7.16. The molecule has 0 radical (unpaired) electrons. The van der Waals surface area contributed by atoms with Gasteiger partial charge < -0.3 is 23.4 Å². The summed E-state index contributed by atoms with van der Waals surface area (Å²) in [6.07, 6.45) is 3.53. The van der Waals surface area contributed by atoms with Crippen molar-refractivity contribution in [3.05, 3.63) is 34.9 Å². The zero-order valence-corrected chi connectivity index (χ0v) is 42.7. The fourth-order valence-corrected chi connectivity index (χ4v) is 6.69. The molecule has 362 valence electrons. The fourth-order valence-electron chi connectivity index (χ4n) is 4.07. The van der Waals surface area contributed by atoms with Crippen molar-refractivity contribution in [3.8, 4) is 24.3 Å². The number of ether oxygens (including phenoxy) is 2. The van der Waals surface area contributed by atoms with Gasteiger partial charge in [-0.05, 0) is 90.8 Å². The minimum atomic E-state index is -3.19. The molecule has 0 aliphatic carbocycles. The molecule has 2 amide bonds. The first kappa shape index (κ1) is 64.5. The van der Waals surface area contributed by atoms with Gasteiger partial charge in [-0.25, -0.2) is 30.8 Å². The van der Waals surface area contributed by atoms with Crippen LogP contribution >= 0.6 is 42.5 Å². The van der Waals surface area contributed by atoms with Crippen molar-refractivity contribution in [2.75, 3.05) is 83.2 Å². The van der Waals surface area contributed by atoms with Crippen LogP contribution in [0.15, 0.2) is 34.9 Å². The predicted octanol–water partition coefficient (Wildman–Crippen LogP) is 6.27. The van der Waals surface area contributed by atoms with Crippen LogP contribution in [0.25, 0.3) is 0 Å². The Morgan fingerprint density at radius 1 is 0.688 bits per heavy atom. The van der Waals surface area contributed by atoms with Crippen molar-refractivity contribution in [3.63, 3.8) is 0 Å². The Morgan fingerprint density at radius 3 is 1.30 bits per heavy atom. The van der Waals surface area contributed by atoms with Crippen LogP contribution < -0.4 is 0 Å². The van der Waals surface area contributed by atoms with Crippen LogP contribution in [0, 0.1) is 45.3 Å². The van der Waals surface area contributed by atoms with Gasteiger partial charge in [0.15, 0.2) is 5.78 Å². The molecule has 4 aliphatic rings. The number of halogens is 3. The molecule has 0 bridgehead atoms. The molecule has 0 atom stereocenters. The minimum Gasteiger partial charge on any atom is -0.444 e. The Bertz CT molecular complexity index is 2040. The number of hydrogen-bond acceptors (Lipinski definition) is 17. The largest absolute Gasteiger partial charge is 0.444 e. The van der Waals surface area contributed by atoms with E-state index in [-0.39, 0.29) is 55.0 Å². The summed E-state index contributed by atoms with van der Waals surface area (Å²) in [7, 11) is -4.61. The maximum absolute atomic E-state index is 11.4. The standard InChI is InChI=1S/C10H14N2O2.C8H13NO3.C7H10N2O2S.C6H12NO3P.C5H5ClN2.C2H5ClO2S.ClH/c1-10(2,3)14-9(13)12-6-8(7-12)4-5-11;1-8(2,3)12-7(11)9-4-6(10)5-9;1-2-12(10,11)9-5-7(6-9)3-4-8;1-3-9-11(8,6-5-7)10-4-2;6-8-3-5(4-8)1-2-7;1-2-6(3,4)5;/h4H,6-7H2,1-3H3;4-5H2,1-3H3;3H,2,5-6H2,1H3;3-4,6H2,1-2H3;1H,3-4H2;2H2,1H3;1H. The Balaban J connectivity index is -0.000000707. The third kappa shape index (κ3) is 30.4. The maximum atomic E-state index is 11.4. The number of nitriles is 4. The van der Waals surface area contributed by atoms with Gasteiger partial charge in [-0.15, -0.1) is 12.4 Å². The summed E-state index contributed by atoms with van der Waals surface area (Å²) in [6.45, 7) is 21.7. The van der Waals surface area contributed by atoms with Crippen LogP contribution in [0.3, 0.4) is 0 Å². The normalized spacial score (nSPS) is 15.4. The number of allylic oxidation sites excluding steroid dienone is 3. The second kappa shape index (κ2) is 31.2. The van der Waals surface area contributed by atoms with E-state index in [0.29, 0.717) is 39.4 Å². The van der Waals surface area contributed by atoms with E-state index in [1.54, 1.807) is 63.0 Å². The molecule has 4 rings (SSSR count). The molecule has 20 nitrogen and oxygen atoms in total. The highest BCUT2D eigenvalue weighted by Crippen LogP contribution is 2.47. The Labute approximate surface area is 394 Å². The fraction of sp³-hybridized carbons (Fsp3) is 0.658. The predicted molar refractivity (Wildman–Crippen MR) is 244 cm³/mol. The Morgan fingerprint density at radius 2 is 1.03 bits per heavy atom. The summed E-state index contributed by atoms with van der Waals surface area (Å²) in [5, 5.41) is 33.0. The van der Waals surface area contributed by atoms with Gasteiger partial charge in [0.25, 0.3) is 0 Å². The molecule has 0 unspecified atom stereocenters. The van der Waals surface area contributed by atoms with Crippen molar-refractivity contribution < 1.29 is 54.3 Å². The number of likely N-dealkylation sites (tertiary alicyclic amines) is 2. The number of Topliss-reactive ketones (excluding diaryl/α,β-unsaturated/α-hetero) is 1. The first-order chi connectivity index (χ1) is 29.0. The maximum Gasteiger partial charge on any atom is 0.411 e. The summed E-state index contributed by atoms with van der Waals surface area (Å²) in [5.74, 6) is 0.224. The lowest BCUT2D eigenvalue weighted by molar-refractivity contribution is -0.128. The van der Waals surface area contributed by atoms with Gasteiger partial charge in [-0.1, -0.05) is 6.92 Å². The van der Waals surface area contributed by atoms with Crippen LogP contribution in [0.2, 0.25) is 0 Å². The molecular formula is C38H60Cl3N8O12PS2. The van der Waals surface area contributed by atoms with Crippen LogP contribution in [0.1, 0.15) is 69.2 Å². The molecule has 64 heavy (non-hydrogen) atoms. The van der Waals surface area contributed by atoms with E-state index >= 15 is 0 Å². The van der Waals surface area contributed by atoms with E-state index in [4.69, 9.17) is 51.3 Å². The van der Waals surface area contributed by atoms with Gasteiger partial charge >= 0.3 is 19.8 Å². The van der Waals surface area contributed by atoms with Crippen molar-refractivity contribution in [1.29, 1.82) is 21.0 Å². The monoisotopic (exact) mass is 1020 g/mol. The average molecular weight is 1020 g/mol. The van der Waals surface area contributed by atoms with Gasteiger partial charge in [-0.2, -0.15) is 25.4 Å². The quantitative estimate of drug-likeness (QED) is 0.112. The highest BCUT2D eigenvalue weighted by molar-refractivity contribution is 8.13. The van der Waals surface area contributed by atoms with Gasteiger partial charge in [0, 0.05) is 68.2 Å². The molecule has 4 saturated heterocycles. The van der Waals surface area contributed by atoms with E-state index in [1.165, 1.54) is 28.3 Å². The summed E-state index contributed by atoms with van der Waals surface area (Å²) >= 11 is 5.46. The lowest BCUT2D eigenvalue weighted by atomic mass is 10.1. The topological polar surface area (TPSA) is 282 Å². The molecular weight excluding hydrogens is 962 g/mol. The van der Waals surface area contributed by atoms with Crippen molar-refractivity contribution in [1.82, 2.24) is 18.5 Å². The van der Waals surface area contributed by atoms with Crippen LogP contribution in [-0.4, -0.2) is 148 Å². The number of amides is 2. The van der Waals surface area contributed by atoms with Gasteiger partial charge in [-0.3, -0.25) is 14.3 Å². The summed E-state index contributed by atoms with van der Waals surface area (Å²) < 4.78 is 76.0. The summed E-state index contributed by atoms with van der Waals surface area (Å²) in [6, 6.07) is 7.52. The van der Waals surface area contributed by atoms with Crippen LogP contribution in [0.5, 0.6) is 0 Å². The lowest BCUT2D eigenvalue weighted by Gasteiger charge is -2.34. The van der Waals surface area contributed by atoms with Crippen molar-refractivity contribution >= 4 is 79.5 Å². The summed E-state index contributed by atoms with van der Waals surface area (Å²) in [4.78, 5) is 36.0. The highest BCUT2D eigenvalue weighted by atomic mass is 35.7. The highest BCUT2D eigenvalue weighted by Gasteiger charge is 2.32. The van der Waals surface area contributed by atoms with Gasteiger partial charge in [0.1, 0.15) is 17.4 Å². The first-order valence-corrected chi connectivity index (χ1v) is 25.4. The molecule has 0 aromatic rings. The van der Waals surface area contributed by atoms with Gasteiger partial charge in [0.05, 0.1) is 62.1 Å². The molecule has 0 saturated carbocycles. The Hall–Kier alpha value is -3.77. The average Bonchev–Trinajstić information content (AvgIpc) is 3.09. The zero-order chi connectivity index (χ0) is 49.2.